The summed E-state index contributed by atoms with van der Waals surface area (Å²) in [4.78, 5) is 89.0. The molecule has 13 N–H and O–H groups in total. The zero-order valence-electron chi connectivity index (χ0n) is 30.8. The van der Waals surface area contributed by atoms with Crippen molar-refractivity contribution in [3.8, 4) is 0 Å². The number of aromatic nitrogens is 3. The minimum absolute atomic E-state index is 0.0683. The highest BCUT2D eigenvalue weighted by Crippen LogP contribution is 2.19. The normalized spacial score (nSPS) is 13.7. The molecule has 18 nitrogen and oxygen atoms in total. The molecular weight excluding hydrogens is 708 g/mol. The van der Waals surface area contributed by atoms with Gasteiger partial charge in [0.1, 0.15) is 24.2 Å². The zero-order valence-corrected chi connectivity index (χ0v) is 30.8. The molecule has 2 heterocycles. The van der Waals surface area contributed by atoms with Gasteiger partial charge in [-0.1, -0.05) is 48.5 Å². The van der Waals surface area contributed by atoms with Crippen LogP contribution in [0, 0.1) is 0 Å². The summed E-state index contributed by atoms with van der Waals surface area (Å²) in [5, 5.41) is 12.3. The van der Waals surface area contributed by atoms with Gasteiger partial charge in [-0.25, -0.2) is 14.8 Å². The van der Waals surface area contributed by atoms with Crippen molar-refractivity contribution < 1.29 is 28.8 Å². The molecule has 2 aromatic carbocycles. The van der Waals surface area contributed by atoms with Crippen LogP contribution in [-0.2, 0) is 43.4 Å². The average Bonchev–Trinajstić information content (AvgIpc) is 3.84. The van der Waals surface area contributed by atoms with Crippen molar-refractivity contribution in [2.24, 2.45) is 17.2 Å². The van der Waals surface area contributed by atoms with Gasteiger partial charge in [0.05, 0.1) is 18.9 Å². The zero-order chi connectivity index (χ0) is 39.9. The van der Waals surface area contributed by atoms with E-state index >= 15 is 0 Å². The lowest BCUT2D eigenvalue weighted by Crippen LogP contribution is -2.60. The van der Waals surface area contributed by atoms with E-state index in [2.05, 4.69) is 41.6 Å². The molecule has 0 aliphatic carbocycles. The molecule has 55 heavy (non-hydrogen) atoms. The maximum Gasteiger partial charge on any atom is 0.337 e. The van der Waals surface area contributed by atoms with Crippen LogP contribution in [-0.4, -0.2) is 92.3 Å². The van der Waals surface area contributed by atoms with E-state index < -0.39 is 65.8 Å². The van der Waals surface area contributed by atoms with Crippen LogP contribution in [0.4, 0.5) is 4.79 Å². The molecule has 5 atom stereocenters. The Morgan fingerprint density at radius 2 is 1.47 bits per heavy atom. The van der Waals surface area contributed by atoms with E-state index in [1.165, 1.54) is 20.2 Å². The third-order valence-corrected chi connectivity index (χ3v) is 8.83. The Morgan fingerprint density at radius 1 is 0.782 bits per heavy atom. The predicted octanol–water partition coefficient (Wildman–Crippen LogP) is -0.276. The largest absolute Gasteiger partial charge is 0.368 e. The molecule has 0 aliphatic rings. The van der Waals surface area contributed by atoms with E-state index in [4.69, 9.17) is 17.2 Å². The quantitative estimate of drug-likeness (QED) is 0.0444. The van der Waals surface area contributed by atoms with Gasteiger partial charge < -0.3 is 48.4 Å². The number of rotatable bonds is 19. The Balaban J connectivity index is 1.45. The van der Waals surface area contributed by atoms with Crippen LogP contribution >= 0.6 is 0 Å². The lowest BCUT2D eigenvalue weighted by molar-refractivity contribution is -0.133. The second-order valence-corrected chi connectivity index (χ2v) is 13.2. The van der Waals surface area contributed by atoms with Crippen molar-refractivity contribution in [3.63, 3.8) is 0 Å². The summed E-state index contributed by atoms with van der Waals surface area (Å²) in [6, 6.07) is 9.97. The summed E-state index contributed by atoms with van der Waals surface area (Å²) < 4.78 is 0. The smallest absolute Gasteiger partial charge is 0.337 e. The summed E-state index contributed by atoms with van der Waals surface area (Å²) >= 11 is 0. The van der Waals surface area contributed by atoms with Crippen LogP contribution in [0.1, 0.15) is 49.9 Å². The highest BCUT2D eigenvalue weighted by Gasteiger charge is 2.30. The van der Waals surface area contributed by atoms with Gasteiger partial charge in [-0.3, -0.25) is 29.4 Å². The Bertz CT molecular complexity index is 1900. The lowest BCUT2D eigenvalue weighted by Gasteiger charge is -2.28. The van der Waals surface area contributed by atoms with Crippen molar-refractivity contribution in [3.05, 3.63) is 90.1 Å². The minimum Gasteiger partial charge on any atom is -0.368 e. The van der Waals surface area contributed by atoms with Crippen molar-refractivity contribution in [1.29, 1.82) is 0 Å². The third-order valence-electron chi connectivity index (χ3n) is 8.83. The third kappa shape index (κ3) is 12.4. The topological polar surface area (TPSA) is 288 Å². The molecule has 4 aromatic rings. The number of nitrogens with one attached hydrogen (secondary N) is 7. The molecule has 2 aromatic heterocycles. The summed E-state index contributed by atoms with van der Waals surface area (Å²) in [7, 11) is 0. The fourth-order valence-electron chi connectivity index (χ4n) is 5.68. The number of aromatic amines is 2. The first-order valence-corrected chi connectivity index (χ1v) is 18.0. The molecular formula is C37H50N12O6. The van der Waals surface area contributed by atoms with Crippen LogP contribution in [0.3, 0.4) is 0 Å². The van der Waals surface area contributed by atoms with Gasteiger partial charge in [-0.2, -0.15) is 0 Å². The number of hydrogen-bond acceptors (Lipinski definition) is 9. The summed E-state index contributed by atoms with van der Waals surface area (Å²) in [6.45, 7) is 3.15. The first-order chi connectivity index (χ1) is 26.4. The van der Waals surface area contributed by atoms with Crippen molar-refractivity contribution in [1.82, 2.24) is 46.7 Å². The van der Waals surface area contributed by atoms with Crippen LogP contribution in [0.2, 0.25) is 0 Å². The summed E-state index contributed by atoms with van der Waals surface area (Å²) in [5.74, 6) is -3.41. The van der Waals surface area contributed by atoms with Crippen molar-refractivity contribution in [2.45, 2.75) is 82.7 Å². The van der Waals surface area contributed by atoms with Crippen LogP contribution in [0.15, 0.2) is 73.3 Å². The molecule has 18 heteroatoms. The molecule has 0 spiro atoms. The van der Waals surface area contributed by atoms with Gasteiger partial charge in [0.2, 0.25) is 23.6 Å². The molecule has 4 rings (SSSR count). The predicted molar refractivity (Wildman–Crippen MR) is 204 cm³/mol. The number of nitrogens with two attached hydrogens (primary N) is 3. The van der Waals surface area contributed by atoms with Gasteiger partial charge >= 0.3 is 6.03 Å². The highest BCUT2D eigenvalue weighted by atomic mass is 16.2. The minimum atomic E-state index is -1.20. The molecule has 0 radical (unpaired) electrons. The SMILES string of the molecule is C[C@H](NC(=O)[C@H](Cc1c[nH]c2ccccc12)NC(=O)[C@@H](N)Cc1cnc[nH]1)C(=O)NN(Cc1ccccc1)C(=O)N[C@@H](C)C(=O)N[C@@H](CCCCN)C(N)=O. The Hall–Kier alpha value is -6.27. The molecule has 0 saturated heterocycles. The van der Waals surface area contributed by atoms with E-state index in [0.717, 1.165) is 21.5 Å². The molecule has 0 aliphatic heterocycles. The van der Waals surface area contributed by atoms with E-state index in [0.29, 0.717) is 30.6 Å². The monoisotopic (exact) mass is 758 g/mol. The number of benzene rings is 2. The summed E-state index contributed by atoms with van der Waals surface area (Å²) in [6.07, 6.45) is 6.45. The second kappa shape index (κ2) is 20.3. The molecule has 7 amide bonds. The molecule has 294 valence electrons. The highest BCUT2D eigenvalue weighted by molar-refractivity contribution is 5.95. The lowest BCUT2D eigenvalue weighted by atomic mass is 10.0. The number of primary amides is 1. The fourth-order valence-corrected chi connectivity index (χ4v) is 5.68. The van der Waals surface area contributed by atoms with Crippen LogP contribution in [0.5, 0.6) is 0 Å². The number of carbonyl (C=O) groups is 6. The molecule has 0 fully saturated rings. The fraction of sp³-hybridized carbons (Fsp3) is 0.378. The maximum absolute atomic E-state index is 13.8. The van der Waals surface area contributed by atoms with Crippen LogP contribution < -0.4 is 43.9 Å². The number of amides is 7. The number of nitrogens with zero attached hydrogens (tertiary/aromatic N) is 2. The van der Waals surface area contributed by atoms with Crippen molar-refractivity contribution >= 4 is 46.5 Å². The van der Waals surface area contributed by atoms with E-state index in [9.17, 15) is 28.8 Å². The average molecular weight is 759 g/mol. The number of fused-ring (bicyclic) bond motifs is 1. The molecule has 0 saturated carbocycles. The van der Waals surface area contributed by atoms with Gasteiger partial charge in [0.15, 0.2) is 0 Å². The number of para-hydroxylation sites is 1. The number of imidazole rings is 1. The van der Waals surface area contributed by atoms with Gasteiger partial charge in [-0.05, 0) is 56.8 Å². The van der Waals surface area contributed by atoms with E-state index in [1.54, 1.807) is 42.7 Å². The standard InChI is InChI=1S/C37H50N12O6/c1-22(33(51)46-30(32(40)50)14-8-9-15-38)45-37(55)49(20-24-10-4-3-5-11-24)48-34(52)23(2)44-36(54)31(16-25-18-42-29-13-7-6-12-27(25)29)47-35(53)28(39)17-26-19-41-21-43-26/h3-7,10-13,18-19,21-23,28,30-31,42H,8-9,14-17,20,38-39H2,1-2H3,(H2,40,50)(H,41,43)(H,44,54)(H,45,55)(H,46,51)(H,47,53)(H,48,52)/t22-,23-,28-,30-,31-/m0/s1. The van der Waals surface area contributed by atoms with E-state index in [-0.39, 0.29) is 25.8 Å². The van der Waals surface area contributed by atoms with Crippen LogP contribution in [0.25, 0.3) is 10.9 Å². The first kappa shape index (κ1) is 41.5. The van der Waals surface area contributed by atoms with Gasteiger partial charge in [0.25, 0.3) is 5.91 Å². The van der Waals surface area contributed by atoms with E-state index in [1.807, 2.05) is 24.3 Å². The van der Waals surface area contributed by atoms with Gasteiger partial charge in [-0.15, -0.1) is 0 Å². The number of hydrogen-bond donors (Lipinski definition) is 10. The first-order valence-electron chi connectivity index (χ1n) is 18.0. The Labute approximate surface area is 318 Å². The maximum atomic E-state index is 13.8. The number of hydrazine groups is 1. The number of urea groups is 1. The van der Waals surface area contributed by atoms with Crippen molar-refractivity contribution in [2.75, 3.05) is 6.54 Å². The Morgan fingerprint density at radius 3 is 2.16 bits per heavy atom. The van der Waals surface area contributed by atoms with Gasteiger partial charge in [0, 0.05) is 41.8 Å². The second-order valence-electron chi connectivity index (χ2n) is 13.2. The number of unbranched alkanes of at least 4 members (excludes halogenated alkanes) is 1. The molecule has 0 bridgehead atoms. The number of H-pyrrole nitrogens is 2. The summed E-state index contributed by atoms with van der Waals surface area (Å²) in [5.41, 5.74) is 22.6. The Kier molecular flexibility index (Phi) is 15.3. The number of carbonyl (C=O) groups excluding carboxylic acids is 6. The molecule has 0 unspecified atom stereocenters.